The van der Waals surface area contributed by atoms with Gasteiger partial charge in [-0.2, -0.15) is 12.6 Å². The molecule has 0 spiro atoms. The number of hydrogen-bond acceptors (Lipinski definition) is 11. The number of benzene rings is 1. The van der Waals surface area contributed by atoms with Crippen LogP contribution in [-0.2, 0) is 4.74 Å². The van der Waals surface area contributed by atoms with Gasteiger partial charge in [0.25, 0.3) is 0 Å². The van der Waals surface area contributed by atoms with Crippen LogP contribution in [0.1, 0.15) is 0 Å². The predicted octanol–water partition coefficient (Wildman–Crippen LogP) is 2.76. The van der Waals surface area contributed by atoms with E-state index in [9.17, 15) is 0 Å². The molecule has 160 valence electrons. The number of nitrogen functional groups attached to an aromatic ring is 2. The first-order valence-corrected chi connectivity index (χ1v) is 11.3. The number of nitrogens with two attached hydrogens (primary N) is 2. The highest BCUT2D eigenvalue weighted by molar-refractivity contribution is 7.79. The Kier molecular flexibility index (Phi) is 6.44. The quantitative estimate of drug-likeness (QED) is 0.316. The maximum Gasteiger partial charge on any atom is 0.219 e. The molecule has 4 heterocycles. The van der Waals surface area contributed by atoms with Crippen LogP contribution in [0.3, 0.4) is 0 Å². The van der Waals surface area contributed by atoms with Crippen molar-refractivity contribution in [1.82, 2.24) is 24.9 Å². The minimum Gasteiger partial charge on any atom is -0.399 e. The third kappa shape index (κ3) is 4.53. The van der Waals surface area contributed by atoms with E-state index in [1.54, 1.807) is 18.6 Å². The standard InChI is InChI=1S/C19H18N8OS.CH4S/c20-13-3-1-11(2-4-13)17-24-14-16(27-5-7-28-8-6-27)25-15(26-18(14)29-17)12-9-22-19(21)23-10-12;1-2/h1-4,9-10H,5-8,20H2,(H2,21,22,23);2H,1H3. The monoisotopic (exact) mass is 454 g/mol. The van der Waals surface area contributed by atoms with E-state index in [-0.39, 0.29) is 5.95 Å². The van der Waals surface area contributed by atoms with Gasteiger partial charge in [0.2, 0.25) is 5.95 Å². The van der Waals surface area contributed by atoms with Crippen molar-refractivity contribution >= 4 is 51.8 Å². The molecule has 0 saturated carbocycles. The van der Waals surface area contributed by atoms with E-state index in [2.05, 4.69) is 27.5 Å². The van der Waals surface area contributed by atoms with Crippen molar-refractivity contribution in [1.29, 1.82) is 0 Å². The molecule has 11 heteroatoms. The van der Waals surface area contributed by atoms with E-state index in [4.69, 9.17) is 31.2 Å². The lowest BCUT2D eigenvalue weighted by molar-refractivity contribution is 0.122. The van der Waals surface area contributed by atoms with E-state index in [1.165, 1.54) is 11.3 Å². The number of aromatic nitrogens is 5. The lowest BCUT2D eigenvalue weighted by atomic mass is 10.2. The minimum absolute atomic E-state index is 0.214. The lowest BCUT2D eigenvalue weighted by Gasteiger charge is -2.28. The number of anilines is 3. The number of hydrogen-bond donors (Lipinski definition) is 3. The largest absolute Gasteiger partial charge is 0.399 e. The van der Waals surface area contributed by atoms with Crippen LogP contribution in [0.2, 0.25) is 0 Å². The molecule has 1 saturated heterocycles. The summed E-state index contributed by atoms with van der Waals surface area (Å²) in [7, 11) is 0. The van der Waals surface area contributed by atoms with Gasteiger partial charge in [0, 0.05) is 36.7 Å². The highest BCUT2D eigenvalue weighted by atomic mass is 32.1. The second-order valence-electron chi connectivity index (χ2n) is 6.59. The Morgan fingerprint density at radius 2 is 1.61 bits per heavy atom. The zero-order chi connectivity index (χ0) is 21.8. The van der Waals surface area contributed by atoms with Crippen molar-refractivity contribution in [3.05, 3.63) is 36.7 Å². The van der Waals surface area contributed by atoms with Gasteiger partial charge in [0.05, 0.1) is 18.8 Å². The van der Waals surface area contributed by atoms with Crippen LogP contribution in [0.15, 0.2) is 36.7 Å². The van der Waals surface area contributed by atoms with Crippen molar-refractivity contribution in [3.63, 3.8) is 0 Å². The molecule has 0 bridgehead atoms. The lowest BCUT2D eigenvalue weighted by Crippen LogP contribution is -2.37. The third-order valence-corrected chi connectivity index (χ3v) is 5.64. The predicted molar refractivity (Wildman–Crippen MR) is 128 cm³/mol. The van der Waals surface area contributed by atoms with Crippen LogP contribution in [0.4, 0.5) is 17.5 Å². The van der Waals surface area contributed by atoms with E-state index in [0.717, 1.165) is 39.8 Å². The molecule has 5 rings (SSSR count). The molecule has 4 N–H and O–H groups in total. The summed E-state index contributed by atoms with van der Waals surface area (Å²) in [6.07, 6.45) is 4.96. The van der Waals surface area contributed by atoms with Gasteiger partial charge in [0.1, 0.15) is 15.4 Å². The smallest absolute Gasteiger partial charge is 0.219 e. The molecule has 31 heavy (non-hydrogen) atoms. The van der Waals surface area contributed by atoms with Crippen LogP contribution in [0.25, 0.3) is 32.3 Å². The summed E-state index contributed by atoms with van der Waals surface area (Å²) in [6.45, 7) is 2.80. The van der Waals surface area contributed by atoms with Crippen LogP contribution >= 0.6 is 24.0 Å². The normalized spacial score (nSPS) is 13.7. The number of thiol groups is 1. The van der Waals surface area contributed by atoms with Gasteiger partial charge in [-0.25, -0.2) is 24.9 Å². The fraction of sp³-hybridized carbons (Fsp3) is 0.250. The Bertz CT molecular complexity index is 1160. The maximum absolute atomic E-state index is 5.82. The number of ether oxygens (including phenoxy) is 1. The Morgan fingerprint density at radius 1 is 0.935 bits per heavy atom. The zero-order valence-corrected chi connectivity index (χ0v) is 18.6. The second kappa shape index (κ2) is 9.41. The van der Waals surface area contributed by atoms with Gasteiger partial charge < -0.3 is 21.1 Å². The number of thiazole rings is 1. The van der Waals surface area contributed by atoms with Crippen LogP contribution in [0, 0.1) is 0 Å². The number of rotatable bonds is 3. The summed E-state index contributed by atoms with van der Waals surface area (Å²) in [5, 5.41) is 0.870. The van der Waals surface area contributed by atoms with Crippen molar-refractivity contribution < 1.29 is 4.74 Å². The molecule has 0 unspecified atom stereocenters. The van der Waals surface area contributed by atoms with Gasteiger partial charge >= 0.3 is 0 Å². The number of nitrogens with zero attached hydrogens (tertiary/aromatic N) is 6. The van der Waals surface area contributed by atoms with Gasteiger partial charge in [-0.05, 0) is 30.5 Å². The Hall–Kier alpha value is -3.02. The number of morpholine rings is 1. The molecule has 1 aliphatic rings. The molecule has 1 aromatic carbocycles. The SMILES string of the molecule is CS.Nc1ccc(-c2nc3c(N4CCOCC4)nc(-c4cnc(N)nc4)nc3s2)cc1. The molecular weight excluding hydrogens is 432 g/mol. The molecule has 0 amide bonds. The first-order valence-electron chi connectivity index (χ1n) is 9.57. The molecule has 3 aromatic heterocycles. The second-order valence-corrected chi connectivity index (χ2v) is 7.57. The summed E-state index contributed by atoms with van der Waals surface area (Å²) >= 11 is 5.05. The van der Waals surface area contributed by atoms with Crippen molar-refractivity contribution in [2.45, 2.75) is 0 Å². The summed E-state index contributed by atoms with van der Waals surface area (Å²) in [4.78, 5) is 25.5. The average Bonchev–Trinajstić information content (AvgIpc) is 3.25. The Balaban J connectivity index is 0.00000112. The Labute approximate surface area is 188 Å². The van der Waals surface area contributed by atoms with E-state index >= 15 is 0 Å². The van der Waals surface area contributed by atoms with Crippen LogP contribution in [0.5, 0.6) is 0 Å². The maximum atomic E-state index is 5.82. The van der Waals surface area contributed by atoms with E-state index in [1.807, 2.05) is 24.3 Å². The van der Waals surface area contributed by atoms with E-state index in [0.29, 0.717) is 30.3 Å². The highest BCUT2D eigenvalue weighted by Gasteiger charge is 2.21. The summed E-state index contributed by atoms with van der Waals surface area (Å²) in [5.74, 6) is 1.56. The molecular formula is C20H22N8OS2. The summed E-state index contributed by atoms with van der Waals surface area (Å²) in [5.41, 5.74) is 14.6. The third-order valence-electron chi connectivity index (χ3n) is 4.64. The molecule has 4 aromatic rings. The number of fused-ring (bicyclic) bond motifs is 1. The topological polar surface area (TPSA) is 129 Å². The molecule has 0 atom stereocenters. The minimum atomic E-state index is 0.214. The van der Waals surface area contributed by atoms with Gasteiger partial charge in [0.15, 0.2) is 11.6 Å². The molecule has 0 aliphatic carbocycles. The van der Waals surface area contributed by atoms with Gasteiger partial charge in [-0.15, -0.1) is 0 Å². The van der Waals surface area contributed by atoms with Crippen molar-refractivity contribution in [3.8, 4) is 22.0 Å². The van der Waals surface area contributed by atoms with Gasteiger partial charge in [-0.3, -0.25) is 0 Å². The fourth-order valence-electron chi connectivity index (χ4n) is 3.14. The van der Waals surface area contributed by atoms with Crippen LogP contribution < -0.4 is 16.4 Å². The zero-order valence-electron chi connectivity index (χ0n) is 16.9. The van der Waals surface area contributed by atoms with Crippen molar-refractivity contribution in [2.75, 3.05) is 48.9 Å². The molecule has 9 nitrogen and oxygen atoms in total. The fourth-order valence-corrected chi connectivity index (χ4v) is 4.08. The van der Waals surface area contributed by atoms with Crippen LogP contribution in [-0.4, -0.2) is 57.5 Å². The summed E-state index contributed by atoms with van der Waals surface area (Å²) < 4.78 is 5.50. The molecule has 0 radical (unpaired) electrons. The molecule has 1 fully saturated rings. The first kappa shape index (κ1) is 21.2. The summed E-state index contributed by atoms with van der Waals surface area (Å²) in [6, 6.07) is 7.66. The Morgan fingerprint density at radius 3 is 2.29 bits per heavy atom. The first-order chi connectivity index (χ1) is 15.2. The average molecular weight is 455 g/mol. The van der Waals surface area contributed by atoms with Gasteiger partial charge in [-0.1, -0.05) is 11.3 Å². The highest BCUT2D eigenvalue weighted by Crippen LogP contribution is 2.35. The van der Waals surface area contributed by atoms with Crippen molar-refractivity contribution in [2.24, 2.45) is 0 Å². The molecule has 1 aliphatic heterocycles. The van der Waals surface area contributed by atoms with E-state index < -0.39 is 0 Å².